The number of carbonyl (C=O) groups is 3. The van der Waals surface area contributed by atoms with E-state index in [9.17, 15) is 14.4 Å². The van der Waals surface area contributed by atoms with Gasteiger partial charge >= 0.3 is 5.97 Å². The van der Waals surface area contributed by atoms with Crippen LogP contribution < -0.4 is 10.6 Å². The van der Waals surface area contributed by atoms with Gasteiger partial charge in [0.25, 0.3) is 11.8 Å². The number of hydrogen-bond donors (Lipinski definition) is 2. The fraction of sp³-hybridized carbons (Fsp3) is 0.211. The second kappa shape index (κ2) is 9.58. The Hall–Kier alpha value is -2.86. The Bertz CT molecular complexity index is 780. The predicted molar refractivity (Wildman–Crippen MR) is 97.6 cm³/mol. The summed E-state index contributed by atoms with van der Waals surface area (Å²) in [6, 6.07) is 14.9. The minimum Gasteiger partial charge on any atom is -0.454 e. The fourth-order valence-electron chi connectivity index (χ4n) is 2.09. The zero-order valence-electron chi connectivity index (χ0n) is 14.2. The number of halogens is 1. The Morgan fingerprint density at radius 3 is 2.38 bits per heavy atom. The Kier molecular flexibility index (Phi) is 7.17. The standard InChI is InChI=1S/C19H19ClN2O4/c1-13(22-18(24)15-9-5-6-10-16(15)20)19(25)26-12-17(23)21-11-14-7-3-2-4-8-14/h2-10,13H,11-12H2,1H3,(H,21,23)(H,22,24)/t13-/m0/s1. The van der Waals surface area contributed by atoms with Gasteiger partial charge in [-0.05, 0) is 24.6 Å². The van der Waals surface area contributed by atoms with E-state index in [1.807, 2.05) is 30.3 Å². The molecule has 2 rings (SSSR count). The second-order valence-electron chi connectivity index (χ2n) is 5.55. The molecule has 0 aliphatic rings. The third-order valence-electron chi connectivity index (χ3n) is 3.50. The highest BCUT2D eigenvalue weighted by atomic mass is 35.5. The van der Waals surface area contributed by atoms with Crippen LogP contribution >= 0.6 is 11.6 Å². The maximum absolute atomic E-state index is 12.1. The zero-order valence-corrected chi connectivity index (χ0v) is 15.0. The summed E-state index contributed by atoms with van der Waals surface area (Å²) in [5.74, 6) is -1.62. The highest BCUT2D eigenvalue weighted by Gasteiger charge is 2.20. The van der Waals surface area contributed by atoms with Crippen LogP contribution in [0.2, 0.25) is 5.02 Å². The first-order valence-electron chi connectivity index (χ1n) is 8.00. The Morgan fingerprint density at radius 1 is 1.04 bits per heavy atom. The van der Waals surface area contributed by atoms with Crippen LogP contribution in [0.5, 0.6) is 0 Å². The van der Waals surface area contributed by atoms with Crippen LogP contribution in [-0.4, -0.2) is 30.4 Å². The Balaban J connectivity index is 1.75. The molecule has 0 aliphatic heterocycles. The highest BCUT2D eigenvalue weighted by Crippen LogP contribution is 2.14. The molecule has 0 fully saturated rings. The van der Waals surface area contributed by atoms with E-state index < -0.39 is 30.4 Å². The molecule has 26 heavy (non-hydrogen) atoms. The quantitative estimate of drug-likeness (QED) is 0.728. The average molecular weight is 375 g/mol. The Morgan fingerprint density at radius 2 is 1.69 bits per heavy atom. The summed E-state index contributed by atoms with van der Waals surface area (Å²) in [5.41, 5.74) is 1.20. The number of ether oxygens (including phenoxy) is 1. The summed E-state index contributed by atoms with van der Waals surface area (Å²) < 4.78 is 4.92. The molecule has 0 spiro atoms. The molecule has 0 radical (unpaired) electrons. The first-order valence-corrected chi connectivity index (χ1v) is 8.38. The van der Waals surface area contributed by atoms with Gasteiger partial charge in [-0.3, -0.25) is 9.59 Å². The van der Waals surface area contributed by atoms with Crippen molar-refractivity contribution < 1.29 is 19.1 Å². The molecule has 2 aromatic carbocycles. The van der Waals surface area contributed by atoms with E-state index in [-0.39, 0.29) is 10.6 Å². The average Bonchev–Trinajstić information content (AvgIpc) is 2.65. The molecule has 7 heteroatoms. The molecule has 0 saturated heterocycles. The van der Waals surface area contributed by atoms with Gasteiger partial charge in [-0.25, -0.2) is 4.79 Å². The summed E-state index contributed by atoms with van der Waals surface area (Å²) in [5, 5.41) is 5.42. The van der Waals surface area contributed by atoms with Crippen LogP contribution in [0, 0.1) is 0 Å². The van der Waals surface area contributed by atoms with E-state index in [4.69, 9.17) is 16.3 Å². The lowest BCUT2D eigenvalue weighted by atomic mass is 10.2. The summed E-state index contributed by atoms with van der Waals surface area (Å²) in [6.07, 6.45) is 0. The molecule has 0 aliphatic carbocycles. The van der Waals surface area contributed by atoms with Gasteiger partial charge in [-0.1, -0.05) is 54.1 Å². The van der Waals surface area contributed by atoms with Crippen molar-refractivity contribution in [2.45, 2.75) is 19.5 Å². The minimum absolute atomic E-state index is 0.259. The number of hydrogen-bond acceptors (Lipinski definition) is 4. The van der Waals surface area contributed by atoms with Crippen LogP contribution in [0.1, 0.15) is 22.8 Å². The minimum atomic E-state index is -0.916. The van der Waals surface area contributed by atoms with E-state index >= 15 is 0 Å². The number of benzene rings is 2. The van der Waals surface area contributed by atoms with Gasteiger partial charge in [0.15, 0.2) is 6.61 Å². The lowest BCUT2D eigenvalue weighted by Gasteiger charge is -2.14. The topological polar surface area (TPSA) is 84.5 Å². The number of amides is 2. The highest BCUT2D eigenvalue weighted by molar-refractivity contribution is 6.33. The molecule has 0 saturated carbocycles. The van der Waals surface area contributed by atoms with Crippen LogP contribution in [0.25, 0.3) is 0 Å². The number of nitrogens with one attached hydrogen (secondary N) is 2. The van der Waals surface area contributed by atoms with Crippen LogP contribution in [0.4, 0.5) is 0 Å². The lowest BCUT2D eigenvalue weighted by Crippen LogP contribution is -2.41. The van der Waals surface area contributed by atoms with E-state index in [1.165, 1.54) is 6.92 Å². The largest absolute Gasteiger partial charge is 0.454 e. The first kappa shape index (κ1) is 19.5. The number of rotatable bonds is 7. The van der Waals surface area contributed by atoms with Crippen molar-refractivity contribution in [2.24, 2.45) is 0 Å². The van der Waals surface area contributed by atoms with Gasteiger partial charge < -0.3 is 15.4 Å². The molecular weight excluding hydrogens is 356 g/mol. The van der Waals surface area contributed by atoms with E-state index in [0.29, 0.717) is 6.54 Å². The van der Waals surface area contributed by atoms with E-state index in [2.05, 4.69) is 10.6 Å². The van der Waals surface area contributed by atoms with Crippen molar-refractivity contribution >= 4 is 29.4 Å². The molecule has 2 amide bonds. The maximum atomic E-state index is 12.1. The van der Waals surface area contributed by atoms with Crippen LogP contribution in [0.15, 0.2) is 54.6 Å². The molecule has 0 unspecified atom stereocenters. The van der Waals surface area contributed by atoms with E-state index in [1.54, 1.807) is 24.3 Å². The van der Waals surface area contributed by atoms with Gasteiger partial charge in [0.05, 0.1) is 10.6 Å². The van der Waals surface area contributed by atoms with Crippen LogP contribution in [-0.2, 0) is 20.9 Å². The summed E-state index contributed by atoms with van der Waals surface area (Å²) in [7, 11) is 0. The summed E-state index contributed by atoms with van der Waals surface area (Å²) in [4.78, 5) is 35.8. The monoisotopic (exact) mass is 374 g/mol. The predicted octanol–water partition coefficient (Wildman–Crippen LogP) is 2.32. The number of carbonyl (C=O) groups excluding carboxylic acids is 3. The van der Waals surface area contributed by atoms with Gasteiger partial charge in [-0.2, -0.15) is 0 Å². The molecule has 0 aromatic heterocycles. The van der Waals surface area contributed by atoms with Crippen molar-refractivity contribution in [3.8, 4) is 0 Å². The van der Waals surface area contributed by atoms with Crippen molar-refractivity contribution in [1.29, 1.82) is 0 Å². The van der Waals surface area contributed by atoms with Gasteiger partial charge in [0.2, 0.25) is 0 Å². The summed E-state index contributed by atoms with van der Waals surface area (Å²) >= 11 is 5.94. The first-order chi connectivity index (χ1) is 12.5. The lowest BCUT2D eigenvalue weighted by molar-refractivity contribution is -0.150. The third-order valence-corrected chi connectivity index (χ3v) is 3.83. The number of esters is 1. The van der Waals surface area contributed by atoms with Gasteiger partial charge in [0.1, 0.15) is 6.04 Å². The zero-order chi connectivity index (χ0) is 18.9. The fourth-order valence-corrected chi connectivity index (χ4v) is 2.31. The van der Waals surface area contributed by atoms with Crippen LogP contribution in [0.3, 0.4) is 0 Å². The molecule has 0 heterocycles. The Labute approximate surface area is 156 Å². The van der Waals surface area contributed by atoms with Crippen molar-refractivity contribution in [1.82, 2.24) is 10.6 Å². The molecular formula is C19H19ClN2O4. The molecule has 1 atom stereocenters. The second-order valence-corrected chi connectivity index (χ2v) is 5.95. The molecule has 136 valence electrons. The SMILES string of the molecule is C[C@H](NC(=O)c1ccccc1Cl)C(=O)OCC(=O)NCc1ccccc1. The smallest absolute Gasteiger partial charge is 0.328 e. The summed E-state index contributed by atoms with van der Waals surface area (Å²) in [6.45, 7) is 1.40. The van der Waals surface area contributed by atoms with Gasteiger partial charge in [0, 0.05) is 6.54 Å². The maximum Gasteiger partial charge on any atom is 0.328 e. The molecule has 6 nitrogen and oxygen atoms in total. The molecule has 2 N–H and O–H groups in total. The van der Waals surface area contributed by atoms with E-state index in [0.717, 1.165) is 5.56 Å². The molecule has 0 bridgehead atoms. The van der Waals surface area contributed by atoms with Crippen molar-refractivity contribution in [2.75, 3.05) is 6.61 Å². The third kappa shape index (κ3) is 5.89. The van der Waals surface area contributed by atoms with Crippen molar-refractivity contribution in [3.63, 3.8) is 0 Å². The van der Waals surface area contributed by atoms with Crippen molar-refractivity contribution in [3.05, 3.63) is 70.7 Å². The molecule has 2 aromatic rings. The van der Waals surface area contributed by atoms with Gasteiger partial charge in [-0.15, -0.1) is 0 Å². The normalized spacial score (nSPS) is 11.3.